The molecule has 2 aromatic heterocycles. The van der Waals surface area contributed by atoms with Gasteiger partial charge in [0.1, 0.15) is 5.82 Å². The minimum absolute atomic E-state index is 0.172. The fourth-order valence-corrected chi connectivity index (χ4v) is 4.55. The molecule has 0 atom stereocenters. The maximum atomic E-state index is 14.5. The predicted octanol–water partition coefficient (Wildman–Crippen LogP) is 5.19. The number of thiazole rings is 1. The van der Waals surface area contributed by atoms with Crippen LogP contribution < -0.4 is 10.4 Å². The van der Waals surface area contributed by atoms with Gasteiger partial charge in [-0.3, -0.25) is 9.48 Å². The SMILES string of the molecule is CCCCn1c(-c2ccccc2F)csc1=Nc1c(C)n(C)n(-c2ccccc2)c1=O. The average molecular weight is 437 g/mol. The van der Waals surface area contributed by atoms with Crippen molar-refractivity contribution in [1.82, 2.24) is 13.9 Å². The molecule has 0 aliphatic heterocycles. The first-order valence-electron chi connectivity index (χ1n) is 10.3. The van der Waals surface area contributed by atoms with Crippen molar-refractivity contribution in [2.45, 2.75) is 33.2 Å². The molecule has 0 bridgehead atoms. The Morgan fingerprint density at radius 3 is 2.48 bits per heavy atom. The maximum absolute atomic E-state index is 14.5. The number of hydrogen-bond donors (Lipinski definition) is 0. The first-order valence-corrected chi connectivity index (χ1v) is 11.2. The predicted molar refractivity (Wildman–Crippen MR) is 124 cm³/mol. The molecule has 4 aromatic rings. The summed E-state index contributed by atoms with van der Waals surface area (Å²) in [5.41, 5.74) is 3.12. The number of unbranched alkanes of at least 4 members (excludes halogenated alkanes) is 1. The molecular formula is C24H25FN4OS. The van der Waals surface area contributed by atoms with Crippen LogP contribution in [0.25, 0.3) is 16.9 Å². The lowest BCUT2D eigenvalue weighted by Gasteiger charge is -2.09. The van der Waals surface area contributed by atoms with Gasteiger partial charge in [0.05, 0.1) is 17.1 Å². The number of halogens is 1. The second-order valence-corrected chi connectivity index (χ2v) is 8.25. The van der Waals surface area contributed by atoms with E-state index in [9.17, 15) is 9.18 Å². The number of rotatable bonds is 6. The minimum atomic E-state index is -0.264. The third kappa shape index (κ3) is 3.93. The molecule has 0 amide bonds. The Bertz CT molecular complexity index is 1330. The smallest absolute Gasteiger partial charge is 0.297 e. The molecule has 0 saturated heterocycles. The fraction of sp³-hybridized carbons (Fsp3) is 0.250. The molecule has 0 unspecified atom stereocenters. The highest BCUT2D eigenvalue weighted by Gasteiger charge is 2.17. The summed E-state index contributed by atoms with van der Waals surface area (Å²) in [6.07, 6.45) is 1.94. The van der Waals surface area contributed by atoms with Crippen molar-refractivity contribution in [2.24, 2.45) is 12.0 Å². The lowest BCUT2D eigenvalue weighted by Crippen LogP contribution is -2.20. The van der Waals surface area contributed by atoms with Gasteiger partial charge < -0.3 is 4.57 Å². The Labute approximate surface area is 184 Å². The topological polar surface area (TPSA) is 44.2 Å². The van der Waals surface area contributed by atoms with Crippen LogP contribution >= 0.6 is 11.3 Å². The van der Waals surface area contributed by atoms with Crippen LogP contribution in [0.3, 0.4) is 0 Å². The molecule has 0 saturated carbocycles. The fourth-order valence-electron chi connectivity index (χ4n) is 3.61. The summed E-state index contributed by atoms with van der Waals surface area (Å²) in [4.78, 5) is 18.7. The number of hydrogen-bond acceptors (Lipinski definition) is 3. The second kappa shape index (κ2) is 8.89. The third-order valence-electron chi connectivity index (χ3n) is 5.41. The zero-order valence-corrected chi connectivity index (χ0v) is 18.7. The summed E-state index contributed by atoms with van der Waals surface area (Å²) in [6.45, 7) is 4.72. The summed E-state index contributed by atoms with van der Waals surface area (Å²) >= 11 is 1.43. The van der Waals surface area contributed by atoms with E-state index in [0.717, 1.165) is 29.9 Å². The van der Waals surface area contributed by atoms with E-state index in [1.54, 1.807) is 16.8 Å². The van der Waals surface area contributed by atoms with Gasteiger partial charge >= 0.3 is 0 Å². The molecule has 7 heteroatoms. The maximum Gasteiger partial charge on any atom is 0.297 e. The molecule has 0 fully saturated rings. The molecule has 0 N–H and O–H groups in total. The van der Waals surface area contributed by atoms with Crippen LogP contribution in [0, 0.1) is 12.7 Å². The molecule has 4 rings (SSSR count). The first-order chi connectivity index (χ1) is 15.0. The highest BCUT2D eigenvalue weighted by Crippen LogP contribution is 2.24. The Balaban J connectivity index is 1.91. The molecule has 160 valence electrons. The molecule has 2 aromatic carbocycles. The summed E-state index contributed by atoms with van der Waals surface area (Å²) in [5, 5.41) is 1.92. The Hall–Kier alpha value is -3.19. The molecule has 31 heavy (non-hydrogen) atoms. The zero-order valence-electron chi connectivity index (χ0n) is 17.9. The van der Waals surface area contributed by atoms with Crippen LogP contribution in [0.5, 0.6) is 0 Å². The van der Waals surface area contributed by atoms with Crippen molar-refractivity contribution in [2.75, 3.05) is 0 Å². The third-order valence-corrected chi connectivity index (χ3v) is 6.28. The molecule has 5 nitrogen and oxygen atoms in total. The number of benzene rings is 2. The summed E-state index contributed by atoms with van der Waals surface area (Å²) in [6, 6.07) is 16.3. The minimum Gasteiger partial charge on any atom is -0.316 e. The molecule has 0 aliphatic rings. The van der Waals surface area contributed by atoms with Crippen LogP contribution in [-0.4, -0.2) is 13.9 Å². The molecule has 0 spiro atoms. The lowest BCUT2D eigenvalue weighted by atomic mass is 10.1. The van der Waals surface area contributed by atoms with E-state index in [1.165, 1.54) is 17.4 Å². The number of aromatic nitrogens is 3. The normalized spacial score (nSPS) is 11.9. The van der Waals surface area contributed by atoms with Gasteiger partial charge in [0, 0.05) is 24.5 Å². The molecular weight excluding hydrogens is 411 g/mol. The van der Waals surface area contributed by atoms with Crippen molar-refractivity contribution >= 4 is 17.0 Å². The van der Waals surface area contributed by atoms with Crippen molar-refractivity contribution in [3.05, 3.63) is 86.6 Å². The zero-order chi connectivity index (χ0) is 22.0. The van der Waals surface area contributed by atoms with E-state index in [-0.39, 0.29) is 11.4 Å². The van der Waals surface area contributed by atoms with Crippen molar-refractivity contribution in [1.29, 1.82) is 0 Å². The quantitative estimate of drug-likeness (QED) is 0.410. The van der Waals surface area contributed by atoms with E-state index < -0.39 is 0 Å². The second-order valence-electron chi connectivity index (χ2n) is 7.41. The van der Waals surface area contributed by atoms with E-state index in [0.29, 0.717) is 22.6 Å². The van der Waals surface area contributed by atoms with Crippen LogP contribution in [-0.2, 0) is 13.6 Å². The Morgan fingerprint density at radius 1 is 1.06 bits per heavy atom. The van der Waals surface area contributed by atoms with Gasteiger partial charge in [0.15, 0.2) is 10.5 Å². The summed E-state index contributed by atoms with van der Waals surface area (Å²) < 4.78 is 19.9. The van der Waals surface area contributed by atoms with E-state index in [2.05, 4.69) is 6.92 Å². The number of nitrogens with zero attached hydrogens (tertiary/aromatic N) is 4. The van der Waals surface area contributed by atoms with Gasteiger partial charge in [-0.25, -0.2) is 14.1 Å². The lowest BCUT2D eigenvalue weighted by molar-refractivity contribution is 0.609. The summed E-state index contributed by atoms with van der Waals surface area (Å²) in [5.74, 6) is -0.264. The van der Waals surface area contributed by atoms with Crippen LogP contribution in [0.4, 0.5) is 10.1 Å². The van der Waals surface area contributed by atoms with Gasteiger partial charge in [0.25, 0.3) is 5.56 Å². The van der Waals surface area contributed by atoms with Crippen molar-refractivity contribution in [3.63, 3.8) is 0 Å². The van der Waals surface area contributed by atoms with Crippen LogP contribution in [0.15, 0.2) is 69.8 Å². The van der Waals surface area contributed by atoms with E-state index in [4.69, 9.17) is 4.99 Å². The van der Waals surface area contributed by atoms with Gasteiger partial charge in [0.2, 0.25) is 0 Å². The first kappa shape index (κ1) is 21.1. The highest BCUT2D eigenvalue weighted by molar-refractivity contribution is 7.07. The molecule has 0 radical (unpaired) electrons. The van der Waals surface area contributed by atoms with E-state index >= 15 is 0 Å². The van der Waals surface area contributed by atoms with Gasteiger partial charge in [-0.15, -0.1) is 11.3 Å². The van der Waals surface area contributed by atoms with Crippen molar-refractivity contribution < 1.29 is 4.39 Å². The van der Waals surface area contributed by atoms with Gasteiger partial charge in [-0.1, -0.05) is 43.7 Å². The number of para-hydroxylation sites is 1. The van der Waals surface area contributed by atoms with Gasteiger partial charge in [-0.05, 0) is 37.6 Å². The highest BCUT2D eigenvalue weighted by atomic mass is 32.1. The van der Waals surface area contributed by atoms with Crippen LogP contribution in [0.1, 0.15) is 25.5 Å². The molecule has 2 heterocycles. The average Bonchev–Trinajstić information content (AvgIpc) is 3.27. The Kier molecular flexibility index (Phi) is 6.04. The van der Waals surface area contributed by atoms with Crippen molar-refractivity contribution in [3.8, 4) is 16.9 Å². The van der Waals surface area contributed by atoms with E-state index in [1.807, 2.05) is 65.0 Å². The van der Waals surface area contributed by atoms with Gasteiger partial charge in [-0.2, -0.15) is 0 Å². The summed E-state index contributed by atoms with van der Waals surface area (Å²) in [7, 11) is 1.85. The van der Waals surface area contributed by atoms with Crippen LogP contribution in [0.2, 0.25) is 0 Å². The Morgan fingerprint density at radius 2 is 1.77 bits per heavy atom. The largest absolute Gasteiger partial charge is 0.316 e. The molecule has 0 aliphatic carbocycles. The monoisotopic (exact) mass is 436 g/mol. The standard InChI is InChI=1S/C24H25FN4OS/c1-4-5-15-28-21(19-13-9-10-14-20(19)25)16-31-24(28)26-22-17(2)27(3)29(23(22)30)18-11-7-6-8-12-18/h6-14,16H,4-5,15H2,1-3H3.